The van der Waals surface area contributed by atoms with Gasteiger partial charge in [0.15, 0.2) is 0 Å². The van der Waals surface area contributed by atoms with Gasteiger partial charge in [0.05, 0.1) is 39.1 Å². The van der Waals surface area contributed by atoms with Crippen molar-refractivity contribution in [1.29, 1.82) is 0 Å². The van der Waals surface area contributed by atoms with Crippen molar-refractivity contribution in [2.75, 3.05) is 63.3 Å². The zero-order valence-corrected chi connectivity index (χ0v) is 25.7. The minimum absolute atomic E-state index is 0.0353. The van der Waals surface area contributed by atoms with Gasteiger partial charge < -0.3 is 19.1 Å². The van der Waals surface area contributed by atoms with Crippen LogP contribution >= 0.6 is 11.6 Å². The van der Waals surface area contributed by atoms with Crippen molar-refractivity contribution >= 4 is 33.0 Å². The summed E-state index contributed by atoms with van der Waals surface area (Å²) in [5.41, 5.74) is 2.20. The maximum absolute atomic E-state index is 14.5. The van der Waals surface area contributed by atoms with Crippen molar-refractivity contribution < 1.29 is 22.6 Å². The van der Waals surface area contributed by atoms with Crippen LogP contribution < -0.4 is 23.4 Å². The number of halogens is 1. The van der Waals surface area contributed by atoms with E-state index in [2.05, 4.69) is 19.8 Å². The van der Waals surface area contributed by atoms with Crippen molar-refractivity contribution in [2.24, 2.45) is 0 Å². The third-order valence-electron chi connectivity index (χ3n) is 8.24. The number of ether oxygens (including phenoxy) is 3. The van der Waals surface area contributed by atoms with Crippen molar-refractivity contribution in [1.82, 2.24) is 14.9 Å². The predicted octanol–water partition coefficient (Wildman–Crippen LogP) is 4.43. The molecule has 224 valence electrons. The molecule has 2 aromatic carbocycles. The lowest BCUT2D eigenvalue weighted by Crippen LogP contribution is -2.58. The molecule has 2 aromatic heterocycles. The molecule has 1 unspecified atom stereocenters. The van der Waals surface area contributed by atoms with E-state index < -0.39 is 15.6 Å². The van der Waals surface area contributed by atoms with Gasteiger partial charge in [-0.25, -0.2) is 13.4 Å². The third-order valence-corrected chi connectivity index (χ3v) is 10.3. The maximum atomic E-state index is 14.5. The molecule has 0 saturated carbocycles. The van der Waals surface area contributed by atoms with Gasteiger partial charge in [0.25, 0.3) is 10.0 Å². The van der Waals surface area contributed by atoms with E-state index in [0.29, 0.717) is 35.4 Å². The summed E-state index contributed by atoms with van der Waals surface area (Å²) in [5, 5.41) is 0.502. The van der Waals surface area contributed by atoms with Gasteiger partial charge in [0.2, 0.25) is 5.88 Å². The number of sulfonamides is 1. The Hall–Kier alpha value is -4.06. The summed E-state index contributed by atoms with van der Waals surface area (Å²) in [6, 6.07) is 17.8. The maximum Gasteiger partial charge on any atom is 0.268 e. The molecule has 12 heteroatoms. The molecule has 0 radical (unpaired) electrons. The fraction of sp³-hybridized carbons (Fsp3) is 0.290. The molecule has 0 spiro atoms. The summed E-state index contributed by atoms with van der Waals surface area (Å²) in [6.45, 7) is 2.82. The second-order valence-corrected chi connectivity index (χ2v) is 12.6. The minimum atomic E-state index is -4.12. The number of pyridine rings is 2. The van der Waals surface area contributed by atoms with Crippen LogP contribution in [-0.4, -0.2) is 77.3 Å². The molecule has 2 aliphatic rings. The minimum Gasteiger partial charge on any atom is -0.497 e. The fourth-order valence-electron chi connectivity index (χ4n) is 6.20. The first-order valence-corrected chi connectivity index (χ1v) is 15.6. The highest BCUT2D eigenvalue weighted by atomic mass is 35.5. The number of fused-ring (bicyclic) bond motifs is 1. The molecule has 4 aromatic rings. The largest absolute Gasteiger partial charge is 0.497 e. The highest BCUT2D eigenvalue weighted by Crippen LogP contribution is 2.52. The first kappa shape index (κ1) is 29.0. The number of rotatable bonds is 8. The van der Waals surface area contributed by atoms with E-state index in [-0.39, 0.29) is 17.2 Å². The number of anilines is 2. The Labute approximate surface area is 256 Å². The Kier molecular flexibility index (Phi) is 7.80. The van der Waals surface area contributed by atoms with Crippen molar-refractivity contribution in [3.8, 4) is 17.4 Å². The lowest BCUT2D eigenvalue weighted by atomic mass is 9.82. The van der Waals surface area contributed by atoms with E-state index in [1.165, 1.54) is 24.6 Å². The van der Waals surface area contributed by atoms with Crippen LogP contribution in [0.5, 0.6) is 17.4 Å². The van der Waals surface area contributed by atoms with E-state index in [4.69, 9.17) is 25.8 Å². The number of piperazine rings is 1. The van der Waals surface area contributed by atoms with Crippen molar-refractivity contribution in [3.05, 3.63) is 95.4 Å². The van der Waals surface area contributed by atoms with E-state index in [9.17, 15) is 8.42 Å². The van der Waals surface area contributed by atoms with Gasteiger partial charge >= 0.3 is 0 Å². The lowest BCUT2D eigenvalue weighted by molar-refractivity contribution is 0.124. The van der Waals surface area contributed by atoms with Crippen molar-refractivity contribution in [2.45, 2.75) is 10.4 Å². The second kappa shape index (κ2) is 11.6. The summed E-state index contributed by atoms with van der Waals surface area (Å²) < 4.78 is 47.2. The average molecular weight is 622 g/mol. The summed E-state index contributed by atoms with van der Waals surface area (Å²) >= 11 is 6.63. The number of hydrogen-bond acceptors (Lipinski definition) is 9. The summed E-state index contributed by atoms with van der Waals surface area (Å²) in [6.07, 6.45) is 5.24. The molecular formula is C31H32ClN5O5S. The number of hydrogen-bond donors (Lipinski definition) is 0. The first-order valence-electron chi connectivity index (χ1n) is 13.8. The Morgan fingerprint density at radius 2 is 1.60 bits per heavy atom. The van der Waals surface area contributed by atoms with Crippen LogP contribution in [0, 0.1) is 0 Å². The van der Waals surface area contributed by atoms with Gasteiger partial charge in [-0.3, -0.25) is 14.2 Å². The molecular weight excluding hydrogens is 590 g/mol. The normalized spacial score (nSPS) is 18.8. The molecule has 0 bridgehead atoms. The van der Waals surface area contributed by atoms with Crippen LogP contribution in [0.15, 0.2) is 84.1 Å². The van der Waals surface area contributed by atoms with Crippen LogP contribution in [0.25, 0.3) is 0 Å². The van der Waals surface area contributed by atoms with Crippen molar-refractivity contribution in [3.63, 3.8) is 0 Å². The van der Waals surface area contributed by atoms with Crippen LogP contribution in [0.1, 0.15) is 11.1 Å². The van der Waals surface area contributed by atoms with Gasteiger partial charge in [-0.15, -0.1) is 0 Å². The molecule has 0 amide bonds. The number of aromatic nitrogens is 2. The summed E-state index contributed by atoms with van der Waals surface area (Å²) in [5.74, 6) is 1.11. The van der Waals surface area contributed by atoms with Gasteiger partial charge in [-0.1, -0.05) is 11.6 Å². The monoisotopic (exact) mass is 621 g/mol. The van der Waals surface area contributed by atoms with E-state index >= 15 is 0 Å². The predicted molar refractivity (Wildman–Crippen MR) is 165 cm³/mol. The van der Waals surface area contributed by atoms with Crippen LogP contribution in [0.2, 0.25) is 5.02 Å². The van der Waals surface area contributed by atoms with Gasteiger partial charge in [0.1, 0.15) is 16.4 Å². The Balaban J connectivity index is 1.51. The Morgan fingerprint density at radius 1 is 0.837 bits per heavy atom. The molecule has 0 aliphatic carbocycles. The standard InChI is InChI=1S/C31H32ClN5O5S/c1-40-24-7-9-29(28(20-24)41-2)43(38,39)37-21-31(25-5-4-12-34-30(25)42-3,26-19-22(32)6-8-27(26)37)36-17-15-35(16-18-36)23-10-13-33-14-11-23/h4-14,19-20H,15-18,21H2,1-3H3. The zero-order chi connectivity index (χ0) is 30.2. The van der Waals surface area contributed by atoms with Crippen LogP contribution in [0.4, 0.5) is 11.4 Å². The second-order valence-electron chi connectivity index (χ2n) is 10.3. The average Bonchev–Trinajstić information content (AvgIpc) is 3.40. The highest BCUT2D eigenvalue weighted by molar-refractivity contribution is 7.93. The molecule has 10 nitrogen and oxygen atoms in total. The number of benzene rings is 2. The number of nitrogens with zero attached hydrogens (tertiary/aromatic N) is 5. The van der Waals surface area contributed by atoms with E-state index in [1.807, 2.05) is 30.3 Å². The first-order chi connectivity index (χ1) is 20.8. The van der Waals surface area contributed by atoms with Gasteiger partial charge in [-0.2, -0.15) is 0 Å². The number of methoxy groups -OCH3 is 3. The summed E-state index contributed by atoms with van der Waals surface area (Å²) in [4.78, 5) is 13.3. The highest BCUT2D eigenvalue weighted by Gasteiger charge is 2.54. The Bertz CT molecular complexity index is 1730. The SMILES string of the molecule is COc1ccc(S(=O)(=O)N2CC(c3cccnc3OC)(N3CCN(c4ccncc4)CC3)c3cc(Cl)ccc32)c(OC)c1. The van der Waals surface area contributed by atoms with E-state index in [0.717, 1.165) is 29.9 Å². The van der Waals surface area contributed by atoms with Crippen LogP contribution in [0.3, 0.4) is 0 Å². The quantitative estimate of drug-likeness (QED) is 0.283. The zero-order valence-electron chi connectivity index (χ0n) is 24.1. The van der Waals surface area contributed by atoms with Gasteiger partial charge in [0, 0.05) is 72.7 Å². The molecule has 43 heavy (non-hydrogen) atoms. The van der Waals surface area contributed by atoms with Crippen LogP contribution in [-0.2, 0) is 15.6 Å². The Morgan fingerprint density at radius 3 is 2.30 bits per heavy atom. The smallest absolute Gasteiger partial charge is 0.268 e. The van der Waals surface area contributed by atoms with E-state index in [1.54, 1.807) is 50.0 Å². The molecule has 1 atom stereocenters. The summed E-state index contributed by atoms with van der Waals surface area (Å²) in [7, 11) is 0.420. The molecule has 2 aliphatic heterocycles. The molecule has 1 saturated heterocycles. The third kappa shape index (κ3) is 4.91. The molecule has 0 N–H and O–H groups in total. The lowest BCUT2D eigenvalue weighted by Gasteiger charge is -2.47. The fourth-order valence-corrected chi connectivity index (χ4v) is 8.02. The molecule has 6 rings (SSSR count). The molecule has 1 fully saturated rings. The topological polar surface area (TPSA) is 97.3 Å². The van der Waals surface area contributed by atoms with Gasteiger partial charge in [-0.05, 0) is 54.6 Å². The molecule has 4 heterocycles.